The van der Waals surface area contributed by atoms with Gasteiger partial charge in [-0.05, 0) is 18.6 Å². The standard InChI is InChI=1S/C15H18FN3OS.ClH/c1-9(8-17)14(20)19-15-18-10(2)13(21-15)7-11-5-3-4-6-12(11)16;/h3-6,9H,7-8,17H2,1-2H3,(H,18,19,20);1H. The van der Waals surface area contributed by atoms with E-state index >= 15 is 0 Å². The first-order valence-corrected chi connectivity index (χ1v) is 7.53. The van der Waals surface area contributed by atoms with E-state index in [0.717, 1.165) is 10.6 Å². The van der Waals surface area contributed by atoms with E-state index in [-0.39, 0.29) is 36.6 Å². The van der Waals surface area contributed by atoms with Crippen LogP contribution >= 0.6 is 23.7 Å². The van der Waals surface area contributed by atoms with Crippen molar-refractivity contribution in [3.8, 4) is 0 Å². The van der Waals surface area contributed by atoms with E-state index in [9.17, 15) is 9.18 Å². The number of hydrogen-bond acceptors (Lipinski definition) is 4. The van der Waals surface area contributed by atoms with Crippen LogP contribution in [0.4, 0.5) is 9.52 Å². The van der Waals surface area contributed by atoms with Crippen LogP contribution in [0.25, 0.3) is 0 Å². The summed E-state index contributed by atoms with van der Waals surface area (Å²) in [6.45, 7) is 3.91. The molecule has 1 amide bonds. The summed E-state index contributed by atoms with van der Waals surface area (Å²) >= 11 is 1.37. The van der Waals surface area contributed by atoms with Crippen LogP contribution in [0.5, 0.6) is 0 Å². The molecular formula is C15H19ClFN3OS. The minimum absolute atomic E-state index is 0. The van der Waals surface area contributed by atoms with E-state index in [1.165, 1.54) is 17.4 Å². The van der Waals surface area contributed by atoms with Gasteiger partial charge in [0.2, 0.25) is 5.91 Å². The number of aryl methyl sites for hydroxylation is 1. The minimum Gasteiger partial charge on any atom is -0.330 e. The Hall–Kier alpha value is -1.50. The van der Waals surface area contributed by atoms with Crippen molar-refractivity contribution in [2.45, 2.75) is 20.3 Å². The monoisotopic (exact) mass is 343 g/mol. The Bertz CT molecular complexity index is 647. The summed E-state index contributed by atoms with van der Waals surface area (Å²) in [4.78, 5) is 17.0. The Morgan fingerprint density at radius 3 is 2.77 bits per heavy atom. The molecule has 0 saturated heterocycles. The lowest BCUT2D eigenvalue weighted by molar-refractivity contribution is -0.119. The predicted octanol–water partition coefficient (Wildman–Crippen LogP) is 3.14. The molecule has 0 aliphatic rings. The van der Waals surface area contributed by atoms with Gasteiger partial charge in [-0.2, -0.15) is 0 Å². The number of nitrogens with two attached hydrogens (primary N) is 1. The molecule has 0 radical (unpaired) electrons. The lowest BCUT2D eigenvalue weighted by Crippen LogP contribution is -2.26. The number of carbonyl (C=O) groups excluding carboxylic acids is 1. The summed E-state index contributed by atoms with van der Waals surface area (Å²) in [5.41, 5.74) is 6.89. The lowest BCUT2D eigenvalue weighted by Gasteiger charge is -2.06. The van der Waals surface area contributed by atoms with Crippen molar-refractivity contribution in [2.24, 2.45) is 11.7 Å². The van der Waals surface area contributed by atoms with E-state index in [1.807, 2.05) is 6.92 Å². The van der Waals surface area contributed by atoms with Crippen LogP contribution < -0.4 is 11.1 Å². The number of aromatic nitrogens is 1. The zero-order chi connectivity index (χ0) is 15.4. The van der Waals surface area contributed by atoms with Gasteiger partial charge in [-0.15, -0.1) is 23.7 Å². The van der Waals surface area contributed by atoms with Crippen LogP contribution in [0, 0.1) is 18.7 Å². The molecule has 7 heteroatoms. The molecule has 1 unspecified atom stereocenters. The van der Waals surface area contributed by atoms with E-state index < -0.39 is 0 Å². The molecule has 1 aromatic carbocycles. The fourth-order valence-electron chi connectivity index (χ4n) is 1.80. The van der Waals surface area contributed by atoms with Crippen molar-refractivity contribution >= 4 is 34.8 Å². The Kier molecular flexibility index (Phi) is 6.93. The van der Waals surface area contributed by atoms with Gasteiger partial charge in [0.05, 0.1) is 5.69 Å². The summed E-state index contributed by atoms with van der Waals surface area (Å²) in [5.74, 6) is -0.638. The van der Waals surface area contributed by atoms with Gasteiger partial charge in [0.15, 0.2) is 5.13 Å². The van der Waals surface area contributed by atoms with Crippen molar-refractivity contribution in [1.82, 2.24) is 4.98 Å². The predicted molar refractivity (Wildman–Crippen MR) is 90.2 cm³/mol. The van der Waals surface area contributed by atoms with Crippen LogP contribution in [-0.4, -0.2) is 17.4 Å². The fourth-order valence-corrected chi connectivity index (χ4v) is 2.78. The zero-order valence-electron chi connectivity index (χ0n) is 12.4. The molecule has 4 nitrogen and oxygen atoms in total. The maximum absolute atomic E-state index is 13.7. The van der Waals surface area contributed by atoms with Crippen molar-refractivity contribution in [3.63, 3.8) is 0 Å². The van der Waals surface area contributed by atoms with Gasteiger partial charge in [-0.25, -0.2) is 9.37 Å². The normalized spacial score (nSPS) is 11.6. The number of thiazole rings is 1. The number of anilines is 1. The highest BCUT2D eigenvalue weighted by Crippen LogP contribution is 2.26. The number of nitrogens with zero attached hydrogens (tertiary/aromatic N) is 1. The molecule has 1 atom stereocenters. The molecule has 120 valence electrons. The number of halogens is 2. The average Bonchev–Trinajstić information content (AvgIpc) is 2.80. The molecule has 22 heavy (non-hydrogen) atoms. The van der Waals surface area contributed by atoms with Crippen molar-refractivity contribution < 1.29 is 9.18 Å². The molecule has 0 saturated carbocycles. The zero-order valence-corrected chi connectivity index (χ0v) is 14.1. The number of nitrogens with one attached hydrogen (secondary N) is 1. The Labute approximate surface area is 139 Å². The molecule has 0 bridgehead atoms. The largest absolute Gasteiger partial charge is 0.330 e. The van der Waals surface area contributed by atoms with Crippen LogP contribution in [0.1, 0.15) is 23.1 Å². The van der Waals surface area contributed by atoms with Crippen molar-refractivity contribution in [2.75, 3.05) is 11.9 Å². The van der Waals surface area contributed by atoms with Gasteiger partial charge < -0.3 is 11.1 Å². The first-order chi connectivity index (χ1) is 10.0. The number of carbonyl (C=O) groups is 1. The molecule has 1 aromatic heterocycles. The topological polar surface area (TPSA) is 68.0 Å². The molecule has 0 fully saturated rings. The van der Waals surface area contributed by atoms with Gasteiger partial charge in [0.1, 0.15) is 5.82 Å². The molecule has 2 rings (SSSR count). The molecule has 0 spiro atoms. The van der Waals surface area contributed by atoms with E-state index in [1.54, 1.807) is 25.1 Å². The fraction of sp³-hybridized carbons (Fsp3) is 0.333. The molecule has 2 aromatic rings. The smallest absolute Gasteiger partial charge is 0.230 e. The third-order valence-corrected chi connectivity index (χ3v) is 4.31. The van der Waals surface area contributed by atoms with E-state index in [2.05, 4.69) is 10.3 Å². The summed E-state index contributed by atoms with van der Waals surface area (Å²) < 4.78 is 13.7. The van der Waals surface area contributed by atoms with Crippen molar-refractivity contribution in [1.29, 1.82) is 0 Å². The molecule has 3 N–H and O–H groups in total. The van der Waals surface area contributed by atoms with E-state index in [0.29, 0.717) is 17.1 Å². The van der Waals surface area contributed by atoms with Crippen LogP contribution in [-0.2, 0) is 11.2 Å². The quantitative estimate of drug-likeness (QED) is 0.876. The van der Waals surface area contributed by atoms with E-state index in [4.69, 9.17) is 5.73 Å². The molecule has 1 heterocycles. The van der Waals surface area contributed by atoms with Crippen LogP contribution in [0.15, 0.2) is 24.3 Å². The summed E-state index contributed by atoms with van der Waals surface area (Å²) in [6, 6.07) is 6.67. The molecule has 0 aliphatic carbocycles. The Morgan fingerprint density at radius 2 is 2.14 bits per heavy atom. The first-order valence-electron chi connectivity index (χ1n) is 6.72. The second kappa shape index (κ2) is 8.22. The lowest BCUT2D eigenvalue weighted by atomic mass is 10.1. The van der Waals surface area contributed by atoms with Gasteiger partial charge in [-0.1, -0.05) is 25.1 Å². The SMILES string of the molecule is Cc1nc(NC(=O)C(C)CN)sc1Cc1ccccc1F.Cl. The van der Waals surface area contributed by atoms with Crippen LogP contribution in [0.2, 0.25) is 0 Å². The first kappa shape index (κ1) is 18.5. The van der Waals surface area contributed by atoms with Crippen LogP contribution in [0.3, 0.4) is 0 Å². The average molecular weight is 344 g/mol. The number of amides is 1. The highest BCUT2D eigenvalue weighted by Gasteiger charge is 2.15. The molecular weight excluding hydrogens is 325 g/mol. The Balaban J connectivity index is 0.00000242. The van der Waals surface area contributed by atoms with Crippen molar-refractivity contribution in [3.05, 3.63) is 46.2 Å². The third kappa shape index (κ3) is 4.50. The highest BCUT2D eigenvalue weighted by molar-refractivity contribution is 7.15. The van der Waals surface area contributed by atoms with Gasteiger partial charge >= 0.3 is 0 Å². The maximum atomic E-state index is 13.7. The highest BCUT2D eigenvalue weighted by atomic mass is 35.5. The number of benzene rings is 1. The molecule has 0 aliphatic heterocycles. The second-order valence-corrected chi connectivity index (χ2v) is 6.01. The summed E-state index contributed by atoms with van der Waals surface area (Å²) in [7, 11) is 0. The Morgan fingerprint density at radius 1 is 1.45 bits per heavy atom. The summed E-state index contributed by atoms with van der Waals surface area (Å²) in [6.07, 6.45) is 0.471. The second-order valence-electron chi connectivity index (χ2n) is 4.92. The minimum atomic E-state index is -0.260. The summed E-state index contributed by atoms with van der Waals surface area (Å²) in [5, 5.41) is 3.28. The number of hydrogen-bond donors (Lipinski definition) is 2. The number of rotatable bonds is 5. The van der Waals surface area contributed by atoms with Gasteiger partial charge in [0.25, 0.3) is 0 Å². The van der Waals surface area contributed by atoms with Gasteiger partial charge in [-0.3, -0.25) is 4.79 Å². The van der Waals surface area contributed by atoms with Gasteiger partial charge in [0, 0.05) is 23.8 Å². The third-order valence-electron chi connectivity index (χ3n) is 3.23. The maximum Gasteiger partial charge on any atom is 0.230 e.